The molecule has 0 aromatic heterocycles. The van der Waals surface area contributed by atoms with E-state index in [9.17, 15) is 4.89 Å². The summed E-state index contributed by atoms with van der Waals surface area (Å²) in [5.41, 5.74) is 2.91. The van der Waals surface area contributed by atoms with Gasteiger partial charge in [-0.05, 0) is 46.2 Å². The maximum absolute atomic E-state index is 11.7. The average Bonchev–Trinajstić information content (AvgIpc) is 2.98. The van der Waals surface area contributed by atoms with Gasteiger partial charge in [0, 0.05) is 11.1 Å². The minimum absolute atomic E-state index is 0.171. The summed E-state index contributed by atoms with van der Waals surface area (Å²) in [6.45, 7) is 1.99. The summed E-state index contributed by atoms with van der Waals surface area (Å²) in [4.78, 5) is 11.7. The summed E-state index contributed by atoms with van der Waals surface area (Å²) in [6, 6.07) is 34.2. The lowest BCUT2D eigenvalue weighted by atomic mass is 9.92. The van der Waals surface area contributed by atoms with Crippen LogP contribution < -0.4 is 14.1 Å². The molecule has 0 fully saturated rings. The molecule has 1 aliphatic rings. The molecule has 4 nitrogen and oxygen atoms in total. The van der Waals surface area contributed by atoms with Gasteiger partial charge in [0.05, 0.1) is 6.04 Å². The van der Waals surface area contributed by atoms with E-state index in [1.807, 2.05) is 85.8 Å². The molecular weight excluding hydrogens is 429 g/mol. The first-order valence-corrected chi connectivity index (χ1v) is 12.6. The van der Waals surface area contributed by atoms with Crippen molar-refractivity contribution in [2.45, 2.75) is 13.0 Å². The van der Waals surface area contributed by atoms with Crippen molar-refractivity contribution in [1.82, 2.24) is 5.09 Å². The Morgan fingerprint density at radius 3 is 1.67 bits per heavy atom. The Morgan fingerprint density at radius 1 is 0.636 bits per heavy atom. The van der Waals surface area contributed by atoms with Gasteiger partial charge in [-0.25, -0.2) is 0 Å². The van der Waals surface area contributed by atoms with E-state index in [1.54, 1.807) is 0 Å². The third-order valence-corrected chi connectivity index (χ3v) is 7.73. The minimum atomic E-state index is -3.50. The lowest BCUT2D eigenvalue weighted by molar-refractivity contribution is 0.327. The topological polar surface area (TPSA) is 50.7 Å². The monoisotopic (exact) mass is 452 g/mol. The molecule has 0 unspecified atom stereocenters. The highest BCUT2D eigenvalue weighted by Gasteiger charge is 2.50. The summed E-state index contributed by atoms with van der Waals surface area (Å²) in [5, 5.41) is 7.57. The number of rotatable bonds is 3. The molecule has 5 heteroatoms. The van der Waals surface area contributed by atoms with E-state index in [2.05, 4.69) is 29.4 Å². The first-order valence-electron chi connectivity index (χ1n) is 11.0. The van der Waals surface area contributed by atoms with Crippen LogP contribution in [0.1, 0.15) is 18.5 Å². The van der Waals surface area contributed by atoms with Gasteiger partial charge in [0.15, 0.2) is 11.5 Å². The van der Waals surface area contributed by atoms with E-state index in [4.69, 9.17) is 9.05 Å². The zero-order valence-corrected chi connectivity index (χ0v) is 19.0. The Kier molecular flexibility index (Phi) is 4.81. The van der Waals surface area contributed by atoms with Gasteiger partial charge in [-0.1, -0.05) is 96.1 Å². The molecule has 0 bridgehead atoms. The Bertz CT molecular complexity index is 1400. The Labute approximate surface area is 193 Å². The molecule has 5 aromatic rings. The predicted octanol–water partition coefficient (Wildman–Crippen LogP) is 7.45. The van der Waals surface area contributed by atoms with Crippen LogP contribution in [0.25, 0.3) is 32.7 Å². The molecule has 1 heterocycles. The summed E-state index contributed by atoms with van der Waals surface area (Å²) in [7, 11) is -3.50. The average molecular weight is 452 g/mol. The smallest absolute Gasteiger partial charge is 0.263 e. The fourth-order valence-electron chi connectivity index (χ4n) is 4.57. The molecule has 0 amide bonds. The second-order valence-electron chi connectivity index (χ2n) is 8.28. The van der Waals surface area contributed by atoms with Crippen LogP contribution in [0.15, 0.2) is 103 Å². The molecule has 6 rings (SSSR count). The lowest BCUT2D eigenvalue weighted by Crippen LogP contribution is -2.26. The fraction of sp³-hybridized carbons (Fsp3) is 0.0714. The Hall–Kier alpha value is -3.43. The highest BCUT2D eigenvalue weighted by atomic mass is 31.2. The van der Waals surface area contributed by atoms with E-state index in [1.165, 1.54) is 0 Å². The number of hydrogen-bond acceptors (Lipinski definition) is 4. The highest BCUT2D eigenvalue weighted by molar-refractivity contribution is 7.59. The molecule has 2 N–H and O–H groups in total. The van der Waals surface area contributed by atoms with E-state index in [-0.39, 0.29) is 6.04 Å². The van der Waals surface area contributed by atoms with Gasteiger partial charge in [0.25, 0.3) is 0 Å². The fourth-order valence-corrected chi connectivity index (χ4v) is 6.19. The normalized spacial score (nSPS) is 15.1. The SMILES string of the molecule is C[C@H](N[P+]1(O)Oc2ccc3ccccc3c2-c2c(ccc3ccccc23)O1)c1ccccc1. The minimum Gasteiger partial charge on any atom is -0.263 e. The maximum atomic E-state index is 11.7. The van der Waals surface area contributed by atoms with Crippen molar-refractivity contribution in [3.05, 3.63) is 109 Å². The van der Waals surface area contributed by atoms with Crippen LogP contribution in [0, 0.1) is 0 Å². The summed E-state index contributed by atoms with van der Waals surface area (Å²) >= 11 is 0. The van der Waals surface area contributed by atoms with E-state index in [0.29, 0.717) is 11.5 Å². The third-order valence-electron chi connectivity index (χ3n) is 6.13. The molecule has 0 saturated carbocycles. The number of nitrogens with one attached hydrogen (secondary N) is 1. The van der Waals surface area contributed by atoms with Gasteiger partial charge in [-0.15, -0.1) is 0 Å². The maximum Gasteiger partial charge on any atom is 0.590 e. The van der Waals surface area contributed by atoms with Crippen LogP contribution in [0.4, 0.5) is 0 Å². The van der Waals surface area contributed by atoms with Crippen LogP contribution in [0.5, 0.6) is 11.5 Å². The highest BCUT2D eigenvalue weighted by Crippen LogP contribution is 2.61. The Balaban J connectivity index is 1.58. The Morgan fingerprint density at radius 2 is 1.12 bits per heavy atom. The summed E-state index contributed by atoms with van der Waals surface area (Å²) < 4.78 is 12.6. The molecule has 162 valence electrons. The molecule has 5 aromatic carbocycles. The van der Waals surface area contributed by atoms with Gasteiger partial charge in [-0.2, -0.15) is 4.89 Å². The van der Waals surface area contributed by atoms with Crippen molar-refractivity contribution in [1.29, 1.82) is 0 Å². The van der Waals surface area contributed by atoms with Gasteiger partial charge in [-0.3, -0.25) is 9.05 Å². The first kappa shape index (κ1) is 20.2. The van der Waals surface area contributed by atoms with Crippen molar-refractivity contribution in [3.63, 3.8) is 0 Å². The van der Waals surface area contributed by atoms with Crippen LogP contribution in [0.2, 0.25) is 0 Å². The molecule has 33 heavy (non-hydrogen) atoms. The molecule has 1 atom stereocenters. The van der Waals surface area contributed by atoms with Gasteiger partial charge in [0.1, 0.15) is 0 Å². The number of fused-ring (bicyclic) bond motifs is 7. The van der Waals surface area contributed by atoms with Gasteiger partial charge in [0.2, 0.25) is 0 Å². The zero-order valence-electron chi connectivity index (χ0n) is 18.1. The number of hydrogen-bond donors (Lipinski definition) is 2. The quantitative estimate of drug-likeness (QED) is 0.279. The molecule has 0 spiro atoms. The van der Waals surface area contributed by atoms with Gasteiger partial charge >= 0.3 is 8.09 Å². The van der Waals surface area contributed by atoms with Crippen LogP contribution in [-0.2, 0) is 0 Å². The molecule has 0 aliphatic carbocycles. The van der Waals surface area contributed by atoms with Crippen molar-refractivity contribution in [2.75, 3.05) is 0 Å². The standard InChI is InChI=1S/C28H23NO3P/c1-19(20-9-3-2-4-10-20)29-33(30)31-25-17-15-21-11-5-7-13-23(21)27(25)28-24-14-8-6-12-22(24)16-18-26(28)32-33/h2-19,29-30H,1H3/q+1/t19-/m0/s1. The lowest BCUT2D eigenvalue weighted by Gasteiger charge is -2.20. The van der Waals surface area contributed by atoms with Gasteiger partial charge < -0.3 is 0 Å². The second-order valence-corrected chi connectivity index (χ2v) is 9.95. The molecule has 0 radical (unpaired) electrons. The largest absolute Gasteiger partial charge is 0.590 e. The summed E-state index contributed by atoms with van der Waals surface area (Å²) in [5.74, 6) is 1.21. The van der Waals surface area contributed by atoms with Crippen LogP contribution in [-0.4, -0.2) is 4.89 Å². The van der Waals surface area contributed by atoms with E-state index < -0.39 is 8.09 Å². The van der Waals surface area contributed by atoms with Crippen molar-refractivity contribution in [2.24, 2.45) is 0 Å². The molecule has 0 saturated heterocycles. The van der Waals surface area contributed by atoms with Crippen molar-refractivity contribution < 1.29 is 13.9 Å². The molecule has 1 aliphatic heterocycles. The van der Waals surface area contributed by atoms with Crippen LogP contribution >= 0.6 is 8.09 Å². The van der Waals surface area contributed by atoms with Crippen molar-refractivity contribution >= 4 is 29.6 Å². The predicted molar refractivity (Wildman–Crippen MR) is 135 cm³/mol. The van der Waals surface area contributed by atoms with Crippen molar-refractivity contribution in [3.8, 4) is 22.6 Å². The third kappa shape index (κ3) is 3.53. The zero-order chi connectivity index (χ0) is 22.4. The van der Waals surface area contributed by atoms with Crippen LogP contribution in [0.3, 0.4) is 0 Å². The second kappa shape index (κ2) is 7.86. The first-order chi connectivity index (χ1) is 16.1. The van der Waals surface area contributed by atoms with E-state index in [0.717, 1.165) is 38.2 Å². The van der Waals surface area contributed by atoms with E-state index >= 15 is 0 Å². The summed E-state index contributed by atoms with van der Waals surface area (Å²) in [6.07, 6.45) is 0. The number of benzene rings is 5. The molecular formula is C28H23NO3P+.